The summed E-state index contributed by atoms with van der Waals surface area (Å²) >= 11 is 1.55. The standard InChI is InChI=1S/C12H17F2N3S/c1-3-18-9-6-4-5-8(11(9)12(15)16)17(2)7-10(13)14/h4-6,10H,3,7H2,1-2H3,(H3,15,16). The zero-order valence-corrected chi connectivity index (χ0v) is 11.2. The summed E-state index contributed by atoms with van der Waals surface area (Å²) in [6, 6.07) is 5.35. The van der Waals surface area contributed by atoms with Crippen molar-refractivity contribution in [2.75, 3.05) is 24.2 Å². The van der Waals surface area contributed by atoms with Gasteiger partial charge in [0.2, 0.25) is 0 Å². The molecule has 1 rings (SSSR count). The first-order valence-corrected chi connectivity index (χ1v) is 6.55. The van der Waals surface area contributed by atoms with E-state index in [-0.39, 0.29) is 12.4 Å². The average molecular weight is 273 g/mol. The molecular weight excluding hydrogens is 256 g/mol. The maximum absolute atomic E-state index is 12.4. The van der Waals surface area contributed by atoms with Crippen molar-refractivity contribution >= 4 is 23.3 Å². The molecule has 0 bridgehead atoms. The van der Waals surface area contributed by atoms with Crippen LogP contribution in [0.2, 0.25) is 0 Å². The van der Waals surface area contributed by atoms with E-state index in [1.165, 1.54) is 4.90 Å². The predicted molar refractivity (Wildman–Crippen MR) is 73.1 cm³/mol. The van der Waals surface area contributed by atoms with Gasteiger partial charge in [0.15, 0.2) is 0 Å². The van der Waals surface area contributed by atoms with Crippen LogP contribution in [-0.2, 0) is 0 Å². The third-order valence-corrected chi connectivity index (χ3v) is 3.34. The van der Waals surface area contributed by atoms with E-state index in [2.05, 4.69) is 0 Å². The molecule has 0 aliphatic heterocycles. The van der Waals surface area contributed by atoms with E-state index in [0.29, 0.717) is 11.3 Å². The highest BCUT2D eigenvalue weighted by Gasteiger charge is 2.16. The van der Waals surface area contributed by atoms with Gasteiger partial charge in [-0.2, -0.15) is 0 Å². The number of rotatable bonds is 6. The van der Waals surface area contributed by atoms with Gasteiger partial charge in [-0.3, -0.25) is 5.41 Å². The summed E-state index contributed by atoms with van der Waals surface area (Å²) in [5.41, 5.74) is 6.68. The largest absolute Gasteiger partial charge is 0.384 e. The predicted octanol–water partition coefficient (Wildman–Crippen LogP) is 2.78. The van der Waals surface area contributed by atoms with Crippen molar-refractivity contribution in [2.45, 2.75) is 18.2 Å². The Morgan fingerprint density at radius 1 is 1.50 bits per heavy atom. The van der Waals surface area contributed by atoms with E-state index < -0.39 is 6.43 Å². The minimum atomic E-state index is -2.42. The molecule has 0 aliphatic rings. The lowest BCUT2D eigenvalue weighted by Gasteiger charge is -2.23. The summed E-state index contributed by atoms with van der Waals surface area (Å²) in [7, 11) is 1.58. The van der Waals surface area contributed by atoms with Crippen LogP contribution in [0.5, 0.6) is 0 Å². The fourth-order valence-corrected chi connectivity index (χ4v) is 2.53. The van der Waals surface area contributed by atoms with Crippen molar-refractivity contribution in [3.63, 3.8) is 0 Å². The highest BCUT2D eigenvalue weighted by molar-refractivity contribution is 7.99. The molecule has 1 aromatic carbocycles. The highest BCUT2D eigenvalue weighted by atomic mass is 32.2. The summed E-state index contributed by atoms with van der Waals surface area (Å²) in [5.74, 6) is 0.741. The van der Waals surface area contributed by atoms with Gasteiger partial charge in [0.05, 0.1) is 12.1 Å². The Bertz CT molecular complexity index is 424. The van der Waals surface area contributed by atoms with E-state index in [9.17, 15) is 8.78 Å². The Labute approximate surface area is 110 Å². The first-order chi connectivity index (χ1) is 8.47. The van der Waals surface area contributed by atoms with E-state index in [4.69, 9.17) is 11.1 Å². The maximum atomic E-state index is 12.4. The van der Waals surface area contributed by atoms with Gasteiger partial charge in [0.1, 0.15) is 5.84 Å². The second-order valence-electron chi connectivity index (χ2n) is 3.77. The van der Waals surface area contributed by atoms with Gasteiger partial charge in [0.25, 0.3) is 6.43 Å². The molecule has 0 unspecified atom stereocenters. The first kappa shape index (κ1) is 14.8. The van der Waals surface area contributed by atoms with Crippen LogP contribution in [0.25, 0.3) is 0 Å². The molecule has 1 aromatic rings. The lowest BCUT2D eigenvalue weighted by Crippen LogP contribution is -2.27. The van der Waals surface area contributed by atoms with Gasteiger partial charge in [-0.25, -0.2) is 8.78 Å². The number of thioether (sulfide) groups is 1. The summed E-state index contributed by atoms with van der Waals surface area (Å²) < 4.78 is 24.8. The summed E-state index contributed by atoms with van der Waals surface area (Å²) in [6.45, 7) is 1.62. The average Bonchev–Trinajstić information content (AvgIpc) is 2.27. The van der Waals surface area contributed by atoms with Gasteiger partial charge in [0, 0.05) is 17.6 Å². The fraction of sp³-hybridized carbons (Fsp3) is 0.417. The van der Waals surface area contributed by atoms with Gasteiger partial charge < -0.3 is 10.6 Å². The molecule has 3 N–H and O–H groups in total. The van der Waals surface area contributed by atoms with Crippen LogP contribution in [0.15, 0.2) is 23.1 Å². The van der Waals surface area contributed by atoms with Gasteiger partial charge in [-0.15, -0.1) is 11.8 Å². The van der Waals surface area contributed by atoms with Crippen LogP contribution < -0.4 is 10.6 Å². The van der Waals surface area contributed by atoms with Crippen LogP contribution in [0, 0.1) is 5.41 Å². The molecule has 3 nitrogen and oxygen atoms in total. The van der Waals surface area contributed by atoms with Crippen LogP contribution in [-0.4, -0.2) is 31.6 Å². The Morgan fingerprint density at radius 3 is 2.67 bits per heavy atom. The molecule has 0 saturated carbocycles. The van der Waals surface area contributed by atoms with Crippen molar-refractivity contribution in [1.82, 2.24) is 0 Å². The van der Waals surface area contributed by atoms with Gasteiger partial charge >= 0.3 is 0 Å². The topological polar surface area (TPSA) is 53.1 Å². The Kier molecular flexibility index (Phi) is 5.40. The number of benzene rings is 1. The smallest absolute Gasteiger partial charge is 0.255 e. The Hall–Kier alpha value is -1.30. The number of nitrogens with zero attached hydrogens (tertiary/aromatic N) is 1. The first-order valence-electron chi connectivity index (χ1n) is 5.56. The van der Waals surface area contributed by atoms with E-state index >= 15 is 0 Å². The van der Waals surface area contributed by atoms with Crippen LogP contribution in [0.1, 0.15) is 12.5 Å². The number of amidine groups is 1. The molecule has 6 heteroatoms. The molecule has 18 heavy (non-hydrogen) atoms. The Balaban J connectivity index is 3.17. The molecule has 0 heterocycles. The van der Waals surface area contributed by atoms with Crippen LogP contribution in [0.4, 0.5) is 14.5 Å². The van der Waals surface area contributed by atoms with Crippen molar-refractivity contribution in [2.24, 2.45) is 5.73 Å². The van der Waals surface area contributed by atoms with Gasteiger partial charge in [-0.05, 0) is 17.9 Å². The number of hydrogen-bond acceptors (Lipinski definition) is 3. The molecule has 0 aromatic heterocycles. The van der Waals surface area contributed by atoms with Crippen molar-refractivity contribution < 1.29 is 8.78 Å². The number of hydrogen-bond donors (Lipinski definition) is 2. The third kappa shape index (κ3) is 3.60. The summed E-state index contributed by atoms with van der Waals surface area (Å²) in [4.78, 5) is 2.28. The van der Waals surface area contributed by atoms with E-state index in [1.807, 2.05) is 13.0 Å². The zero-order chi connectivity index (χ0) is 13.7. The van der Waals surface area contributed by atoms with Crippen LogP contribution in [0.3, 0.4) is 0 Å². The third-order valence-electron chi connectivity index (χ3n) is 2.40. The molecule has 0 aliphatic carbocycles. The van der Waals surface area contributed by atoms with Crippen LogP contribution >= 0.6 is 11.8 Å². The minimum absolute atomic E-state index is 0.0948. The molecule has 0 spiro atoms. The fourth-order valence-electron chi connectivity index (χ4n) is 1.69. The zero-order valence-electron chi connectivity index (χ0n) is 10.4. The van der Waals surface area contributed by atoms with Crippen molar-refractivity contribution in [1.29, 1.82) is 5.41 Å². The van der Waals surface area contributed by atoms with E-state index in [1.54, 1.807) is 30.9 Å². The molecule has 0 saturated heterocycles. The maximum Gasteiger partial charge on any atom is 0.255 e. The lowest BCUT2D eigenvalue weighted by atomic mass is 10.1. The summed E-state index contributed by atoms with van der Waals surface area (Å²) in [6.07, 6.45) is -2.42. The number of alkyl halides is 2. The van der Waals surface area contributed by atoms with E-state index in [0.717, 1.165) is 10.6 Å². The second kappa shape index (κ2) is 6.58. The second-order valence-corrected chi connectivity index (χ2v) is 5.07. The Morgan fingerprint density at radius 2 is 2.17 bits per heavy atom. The van der Waals surface area contributed by atoms with Crippen molar-refractivity contribution in [3.05, 3.63) is 23.8 Å². The highest BCUT2D eigenvalue weighted by Crippen LogP contribution is 2.30. The quantitative estimate of drug-likeness (QED) is 0.476. The lowest BCUT2D eigenvalue weighted by molar-refractivity contribution is 0.156. The SMILES string of the molecule is CCSc1cccc(N(C)CC(F)F)c1C(=N)N. The normalized spacial score (nSPS) is 10.7. The van der Waals surface area contributed by atoms with Crippen molar-refractivity contribution in [3.8, 4) is 0 Å². The molecule has 0 atom stereocenters. The number of anilines is 1. The summed E-state index contributed by atoms with van der Waals surface area (Å²) in [5, 5.41) is 7.62. The monoisotopic (exact) mass is 273 g/mol. The molecule has 0 amide bonds. The molecule has 100 valence electrons. The number of nitrogen functional groups attached to an aromatic ring is 1. The number of nitrogens with one attached hydrogen (secondary N) is 1. The molecular formula is C12H17F2N3S. The number of halogens is 2. The molecule has 0 fully saturated rings. The number of nitrogens with two attached hydrogens (primary N) is 1. The van der Waals surface area contributed by atoms with Gasteiger partial charge in [-0.1, -0.05) is 13.0 Å². The minimum Gasteiger partial charge on any atom is -0.384 e. The molecule has 0 radical (unpaired) electrons.